The van der Waals surface area contributed by atoms with Gasteiger partial charge >= 0.3 is 5.97 Å². The normalized spacial score (nSPS) is 10.3. The van der Waals surface area contributed by atoms with Crippen LogP contribution in [-0.4, -0.2) is 36.7 Å². The minimum Gasteiger partial charge on any atom is -0.478 e. The number of carboxylic acid groups (broad SMARTS) is 1. The van der Waals surface area contributed by atoms with E-state index in [1.54, 1.807) is 23.7 Å². The molecule has 1 rings (SSSR count). The van der Waals surface area contributed by atoms with Crippen LogP contribution in [0.2, 0.25) is 0 Å². The smallest absolute Gasteiger partial charge is 0.340 e. The second-order valence-corrected chi connectivity index (χ2v) is 4.56. The van der Waals surface area contributed by atoms with E-state index < -0.39 is 11.8 Å². The number of hydrogen-bond acceptors (Lipinski definition) is 4. The second kappa shape index (κ2) is 5.77. The van der Waals surface area contributed by atoms with Crippen LogP contribution in [0, 0.1) is 5.82 Å². The quantitative estimate of drug-likeness (QED) is 0.790. The van der Waals surface area contributed by atoms with Gasteiger partial charge in [0.1, 0.15) is 11.4 Å². The molecule has 0 spiro atoms. The summed E-state index contributed by atoms with van der Waals surface area (Å²) < 4.78 is 13.2. The summed E-state index contributed by atoms with van der Waals surface area (Å²) in [6.45, 7) is 0.673. The van der Waals surface area contributed by atoms with Gasteiger partial charge < -0.3 is 15.7 Å². The van der Waals surface area contributed by atoms with Gasteiger partial charge in [0.05, 0.1) is 11.4 Å². The number of thioether (sulfide) groups is 1. The van der Waals surface area contributed by atoms with Crippen LogP contribution in [0.25, 0.3) is 0 Å². The van der Waals surface area contributed by atoms with Crippen LogP contribution < -0.4 is 10.6 Å². The molecule has 3 N–H and O–H groups in total. The first-order valence-electron chi connectivity index (χ1n) is 5.00. The summed E-state index contributed by atoms with van der Waals surface area (Å²) in [5.74, 6) is -1.07. The molecule has 0 aliphatic rings. The lowest BCUT2D eigenvalue weighted by molar-refractivity contribution is 0.0698. The zero-order valence-electron chi connectivity index (χ0n) is 9.74. The van der Waals surface area contributed by atoms with Gasteiger partial charge in [-0.05, 0) is 18.4 Å². The largest absolute Gasteiger partial charge is 0.478 e. The number of nitrogens with two attached hydrogens (primary N) is 1. The molecule has 0 heterocycles. The van der Waals surface area contributed by atoms with Crippen LogP contribution in [0.15, 0.2) is 12.1 Å². The maximum Gasteiger partial charge on any atom is 0.340 e. The fourth-order valence-electron chi connectivity index (χ4n) is 1.47. The first-order chi connectivity index (χ1) is 7.99. The van der Waals surface area contributed by atoms with E-state index >= 15 is 0 Å². The highest BCUT2D eigenvalue weighted by atomic mass is 32.2. The molecule has 1 aromatic carbocycles. The molecule has 4 nitrogen and oxygen atoms in total. The molecule has 1 aromatic rings. The van der Waals surface area contributed by atoms with E-state index in [0.717, 1.165) is 5.75 Å². The zero-order valence-corrected chi connectivity index (χ0v) is 10.6. The molecule has 0 radical (unpaired) electrons. The van der Waals surface area contributed by atoms with Crippen LogP contribution in [0.5, 0.6) is 0 Å². The van der Waals surface area contributed by atoms with Gasteiger partial charge in [-0.15, -0.1) is 0 Å². The van der Waals surface area contributed by atoms with Crippen molar-refractivity contribution < 1.29 is 14.3 Å². The van der Waals surface area contributed by atoms with Crippen LogP contribution >= 0.6 is 11.8 Å². The molecule has 17 heavy (non-hydrogen) atoms. The topological polar surface area (TPSA) is 66.6 Å². The number of benzene rings is 1. The van der Waals surface area contributed by atoms with E-state index in [1.807, 2.05) is 6.26 Å². The fourth-order valence-corrected chi connectivity index (χ4v) is 1.93. The first kappa shape index (κ1) is 13.6. The highest BCUT2D eigenvalue weighted by Crippen LogP contribution is 2.27. The molecule has 6 heteroatoms. The van der Waals surface area contributed by atoms with Crippen LogP contribution in [-0.2, 0) is 0 Å². The summed E-state index contributed by atoms with van der Waals surface area (Å²) in [5, 5.41) is 9.07. The number of nitrogens with zero attached hydrogens (tertiary/aromatic N) is 1. The van der Waals surface area contributed by atoms with Gasteiger partial charge in [-0.2, -0.15) is 11.8 Å². The Kier molecular flexibility index (Phi) is 4.62. The molecular weight excluding hydrogens is 243 g/mol. The summed E-state index contributed by atoms with van der Waals surface area (Å²) in [7, 11) is 1.76. The molecule has 0 aliphatic carbocycles. The Bertz CT molecular complexity index is 426. The monoisotopic (exact) mass is 258 g/mol. The Balaban J connectivity index is 3.15. The molecule has 94 valence electrons. The van der Waals surface area contributed by atoms with E-state index in [1.165, 1.54) is 12.1 Å². The van der Waals surface area contributed by atoms with Gasteiger partial charge in [0.25, 0.3) is 0 Å². The van der Waals surface area contributed by atoms with Crippen LogP contribution in [0.1, 0.15) is 10.4 Å². The standard InChI is InChI=1S/C11H15FN2O2S/c1-14(5-6-17-2)8-4-3-7(12)10(13)9(8)11(15)16/h3-4H,5-6,13H2,1-2H3,(H,15,16). The van der Waals surface area contributed by atoms with Crippen molar-refractivity contribution in [2.75, 3.05) is 36.2 Å². The number of hydrogen-bond donors (Lipinski definition) is 2. The highest BCUT2D eigenvalue weighted by molar-refractivity contribution is 7.98. The molecule has 0 aliphatic heterocycles. The van der Waals surface area contributed by atoms with Gasteiger partial charge in [0.15, 0.2) is 0 Å². The number of carbonyl (C=O) groups is 1. The molecule has 0 amide bonds. The number of carboxylic acids is 1. The van der Waals surface area contributed by atoms with Crippen molar-refractivity contribution in [1.82, 2.24) is 0 Å². The van der Waals surface area contributed by atoms with Gasteiger partial charge in [-0.1, -0.05) is 0 Å². The minimum absolute atomic E-state index is 0.173. The number of aromatic carboxylic acids is 1. The Morgan fingerprint density at radius 1 is 1.59 bits per heavy atom. The number of halogens is 1. The van der Waals surface area contributed by atoms with Crippen LogP contribution in [0.4, 0.5) is 15.8 Å². The third kappa shape index (κ3) is 3.03. The van der Waals surface area contributed by atoms with E-state index in [9.17, 15) is 9.18 Å². The Morgan fingerprint density at radius 3 is 2.76 bits per heavy atom. The third-order valence-electron chi connectivity index (χ3n) is 2.43. The van der Waals surface area contributed by atoms with Crippen molar-refractivity contribution in [3.8, 4) is 0 Å². The lowest BCUT2D eigenvalue weighted by atomic mass is 10.1. The predicted octanol–water partition coefficient (Wildman–Crippen LogP) is 1.91. The van der Waals surface area contributed by atoms with Crippen molar-refractivity contribution >= 4 is 29.1 Å². The molecule has 0 saturated heterocycles. The Labute approximate surface area is 104 Å². The number of rotatable bonds is 5. The van der Waals surface area contributed by atoms with E-state index in [2.05, 4.69) is 0 Å². The predicted molar refractivity (Wildman–Crippen MR) is 69.4 cm³/mol. The summed E-state index contributed by atoms with van der Waals surface area (Å²) >= 11 is 1.65. The van der Waals surface area contributed by atoms with Gasteiger partial charge in [0, 0.05) is 19.3 Å². The second-order valence-electron chi connectivity index (χ2n) is 3.57. The number of anilines is 2. The lowest BCUT2D eigenvalue weighted by Gasteiger charge is -2.21. The Morgan fingerprint density at radius 2 is 2.24 bits per heavy atom. The van der Waals surface area contributed by atoms with Crippen molar-refractivity contribution in [3.05, 3.63) is 23.5 Å². The zero-order chi connectivity index (χ0) is 13.0. The lowest BCUT2D eigenvalue weighted by Crippen LogP contribution is -2.23. The summed E-state index contributed by atoms with van der Waals surface area (Å²) in [4.78, 5) is 12.9. The van der Waals surface area contributed by atoms with Crippen LogP contribution in [0.3, 0.4) is 0 Å². The fraction of sp³-hybridized carbons (Fsp3) is 0.364. The van der Waals surface area contributed by atoms with Crippen molar-refractivity contribution in [2.45, 2.75) is 0 Å². The maximum absolute atomic E-state index is 13.2. The average Bonchev–Trinajstić information content (AvgIpc) is 2.28. The van der Waals surface area contributed by atoms with E-state index in [-0.39, 0.29) is 11.3 Å². The van der Waals surface area contributed by atoms with Gasteiger partial charge in [-0.3, -0.25) is 0 Å². The van der Waals surface area contributed by atoms with E-state index in [4.69, 9.17) is 10.8 Å². The molecule has 0 saturated carbocycles. The molecule has 0 aromatic heterocycles. The summed E-state index contributed by atoms with van der Waals surface area (Å²) in [6, 6.07) is 2.63. The van der Waals surface area contributed by atoms with E-state index in [0.29, 0.717) is 12.2 Å². The SMILES string of the molecule is CSCCN(C)c1ccc(F)c(N)c1C(=O)O. The average molecular weight is 258 g/mol. The summed E-state index contributed by atoms with van der Waals surface area (Å²) in [5.41, 5.74) is 5.41. The summed E-state index contributed by atoms with van der Waals surface area (Å²) in [6.07, 6.45) is 1.96. The van der Waals surface area contributed by atoms with Crippen molar-refractivity contribution in [3.63, 3.8) is 0 Å². The highest BCUT2D eigenvalue weighted by Gasteiger charge is 2.19. The third-order valence-corrected chi connectivity index (χ3v) is 3.02. The van der Waals surface area contributed by atoms with Crippen molar-refractivity contribution in [2.24, 2.45) is 0 Å². The molecule has 0 bridgehead atoms. The molecule has 0 fully saturated rings. The van der Waals surface area contributed by atoms with Crippen molar-refractivity contribution in [1.29, 1.82) is 0 Å². The number of nitrogen functional groups attached to an aromatic ring is 1. The first-order valence-corrected chi connectivity index (χ1v) is 6.39. The minimum atomic E-state index is -1.21. The molecule has 0 atom stereocenters. The molecule has 0 unspecified atom stereocenters. The Hall–Kier alpha value is -1.43. The van der Waals surface area contributed by atoms with Gasteiger partial charge in [-0.25, -0.2) is 9.18 Å². The van der Waals surface area contributed by atoms with Gasteiger partial charge in [0.2, 0.25) is 0 Å². The maximum atomic E-state index is 13.2. The molecular formula is C11H15FN2O2S.